The number of likely N-dealkylation sites (tertiary alicyclic amines) is 1. The smallest absolute Gasteiger partial charge is 0.317 e. The molecule has 1 aromatic carbocycles. The zero-order valence-electron chi connectivity index (χ0n) is 15.4. The average Bonchev–Trinajstić information content (AvgIpc) is 3.01. The average molecular weight is 334 g/mol. The standard InChI is InChI=1S/C19H30N2O3/c1-13(22)14-10-11-21(12-14)18(23)20-17(19(2,3)4)15-8-6-7-9-16(15)24-5/h6-9,13-14,17,22H,10-12H2,1-5H3,(H,20,23)/t13-,14+,17-/m0/s1. The Morgan fingerprint density at radius 2 is 2.04 bits per heavy atom. The van der Waals surface area contributed by atoms with Gasteiger partial charge in [0.05, 0.1) is 19.3 Å². The fraction of sp³-hybridized carbons (Fsp3) is 0.632. The predicted molar refractivity (Wildman–Crippen MR) is 95.1 cm³/mol. The van der Waals surface area contributed by atoms with Crippen molar-refractivity contribution in [2.24, 2.45) is 11.3 Å². The second-order valence-electron chi connectivity index (χ2n) is 7.73. The Hall–Kier alpha value is -1.75. The summed E-state index contributed by atoms with van der Waals surface area (Å²) in [6.07, 6.45) is 0.468. The number of para-hydroxylation sites is 1. The van der Waals surface area contributed by atoms with Crippen molar-refractivity contribution in [3.63, 3.8) is 0 Å². The summed E-state index contributed by atoms with van der Waals surface area (Å²) >= 11 is 0. The second-order valence-corrected chi connectivity index (χ2v) is 7.73. The number of aliphatic hydroxyl groups excluding tert-OH is 1. The Morgan fingerprint density at radius 3 is 2.58 bits per heavy atom. The van der Waals surface area contributed by atoms with E-state index in [4.69, 9.17) is 4.74 Å². The van der Waals surface area contributed by atoms with Crippen LogP contribution < -0.4 is 10.1 Å². The highest BCUT2D eigenvalue weighted by atomic mass is 16.5. The van der Waals surface area contributed by atoms with Crippen LogP contribution in [0.3, 0.4) is 0 Å². The number of carbonyl (C=O) groups is 1. The zero-order valence-corrected chi connectivity index (χ0v) is 15.4. The summed E-state index contributed by atoms with van der Waals surface area (Å²) in [6, 6.07) is 7.56. The summed E-state index contributed by atoms with van der Waals surface area (Å²) in [5, 5.41) is 12.9. The Morgan fingerprint density at radius 1 is 1.38 bits per heavy atom. The fourth-order valence-corrected chi connectivity index (χ4v) is 3.25. The number of carbonyl (C=O) groups excluding carboxylic acids is 1. The van der Waals surface area contributed by atoms with Gasteiger partial charge in [0.15, 0.2) is 0 Å². The van der Waals surface area contributed by atoms with Gasteiger partial charge < -0.3 is 20.1 Å². The van der Waals surface area contributed by atoms with Crippen LogP contribution >= 0.6 is 0 Å². The van der Waals surface area contributed by atoms with Gasteiger partial charge in [0.1, 0.15) is 5.75 Å². The maximum atomic E-state index is 12.7. The highest BCUT2D eigenvalue weighted by molar-refractivity contribution is 5.75. The van der Waals surface area contributed by atoms with Crippen molar-refractivity contribution < 1.29 is 14.6 Å². The molecule has 0 spiro atoms. The molecule has 0 aliphatic carbocycles. The third-order valence-corrected chi connectivity index (χ3v) is 4.78. The van der Waals surface area contributed by atoms with Crippen molar-refractivity contribution in [1.82, 2.24) is 10.2 Å². The molecule has 3 atom stereocenters. The van der Waals surface area contributed by atoms with Gasteiger partial charge >= 0.3 is 6.03 Å². The number of nitrogens with one attached hydrogen (secondary N) is 1. The predicted octanol–water partition coefficient (Wildman–Crippen LogP) is 3.19. The van der Waals surface area contributed by atoms with Crippen molar-refractivity contribution in [3.05, 3.63) is 29.8 Å². The molecule has 1 saturated heterocycles. The molecule has 1 aromatic rings. The maximum Gasteiger partial charge on any atom is 0.317 e. The quantitative estimate of drug-likeness (QED) is 0.889. The third-order valence-electron chi connectivity index (χ3n) is 4.78. The molecule has 0 aromatic heterocycles. The normalized spacial score (nSPS) is 20.6. The van der Waals surface area contributed by atoms with Gasteiger partial charge in [-0.25, -0.2) is 4.79 Å². The number of rotatable bonds is 4. The molecule has 2 rings (SSSR count). The Labute approximate surface area is 145 Å². The second kappa shape index (κ2) is 7.43. The van der Waals surface area contributed by atoms with E-state index in [1.54, 1.807) is 18.9 Å². The molecule has 24 heavy (non-hydrogen) atoms. The first-order chi connectivity index (χ1) is 11.2. The van der Waals surface area contributed by atoms with Crippen molar-refractivity contribution in [2.75, 3.05) is 20.2 Å². The molecule has 5 heteroatoms. The molecule has 1 aliphatic heterocycles. The van der Waals surface area contributed by atoms with Gasteiger partial charge in [-0.1, -0.05) is 39.0 Å². The molecule has 0 bridgehead atoms. The van der Waals surface area contributed by atoms with E-state index in [0.717, 1.165) is 17.7 Å². The van der Waals surface area contributed by atoms with Crippen LogP contribution in [-0.4, -0.2) is 42.3 Å². The van der Waals surface area contributed by atoms with Crippen molar-refractivity contribution in [3.8, 4) is 5.75 Å². The topological polar surface area (TPSA) is 61.8 Å². The minimum atomic E-state index is -0.379. The highest BCUT2D eigenvalue weighted by Crippen LogP contribution is 2.37. The van der Waals surface area contributed by atoms with Gasteiger partial charge in [-0.2, -0.15) is 0 Å². The van der Waals surface area contributed by atoms with E-state index in [1.165, 1.54) is 0 Å². The van der Waals surface area contributed by atoms with E-state index in [0.29, 0.717) is 13.1 Å². The van der Waals surface area contributed by atoms with E-state index < -0.39 is 0 Å². The SMILES string of the molecule is COc1ccccc1[C@H](NC(=O)N1CC[C@@H]([C@H](C)O)C1)C(C)(C)C. The number of hydrogen-bond acceptors (Lipinski definition) is 3. The summed E-state index contributed by atoms with van der Waals surface area (Å²) in [6.45, 7) is 9.39. The van der Waals surface area contributed by atoms with Crippen molar-refractivity contribution >= 4 is 6.03 Å². The van der Waals surface area contributed by atoms with Crippen LogP contribution in [-0.2, 0) is 0 Å². The van der Waals surface area contributed by atoms with Crippen molar-refractivity contribution in [2.45, 2.75) is 46.3 Å². The number of ether oxygens (including phenoxy) is 1. The van der Waals surface area contributed by atoms with Crippen LogP contribution in [0.4, 0.5) is 4.79 Å². The lowest BCUT2D eigenvalue weighted by Gasteiger charge is -2.34. The lowest BCUT2D eigenvalue weighted by Crippen LogP contribution is -2.44. The monoisotopic (exact) mass is 334 g/mol. The number of methoxy groups -OCH3 is 1. The van der Waals surface area contributed by atoms with Gasteiger partial charge in [0.2, 0.25) is 0 Å². The maximum absolute atomic E-state index is 12.7. The van der Waals surface area contributed by atoms with Crippen LogP contribution in [0.25, 0.3) is 0 Å². The van der Waals surface area contributed by atoms with Gasteiger partial charge in [0.25, 0.3) is 0 Å². The van der Waals surface area contributed by atoms with Gasteiger partial charge in [-0.15, -0.1) is 0 Å². The summed E-state index contributed by atoms with van der Waals surface area (Å²) in [7, 11) is 1.65. The number of amides is 2. The summed E-state index contributed by atoms with van der Waals surface area (Å²) < 4.78 is 5.48. The first-order valence-corrected chi connectivity index (χ1v) is 8.60. The molecule has 2 amide bonds. The van der Waals surface area contributed by atoms with Gasteiger partial charge in [-0.3, -0.25) is 0 Å². The molecule has 1 fully saturated rings. The number of hydrogen-bond donors (Lipinski definition) is 2. The first-order valence-electron chi connectivity index (χ1n) is 8.60. The Kier molecular flexibility index (Phi) is 5.75. The number of benzene rings is 1. The molecular formula is C19H30N2O3. The van der Waals surface area contributed by atoms with E-state index in [9.17, 15) is 9.90 Å². The van der Waals surface area contributed by atoms with Crippen LogP contribution in [0, 0.1) is 11.3 Å². The van der Waals surface area contributed by atoms with Crippen LogP contribution in [0.15, 0.2) is 24.3 Å². The molecule has 1 heterocycles. The zero-order chi connectivity index (χ0) is 17.9. The summed E-state index contributed by atoms with van der Waals surface area (Å²) in [4.78, 5) is 14.5. The molecule has 2 N–H and O–H groups in total. The lowest BCUT2D eigenvalue weighted by molar-refractivity contribution is 0.128. The minimum Gasteiger partial charge on any atom is -0.496 e. The Balaban J connectivity index is 2.17. The highest BCUT2D eigenvalue weighted by Gasteiger charge is 2.34. The Bertz CT molecular complexity index is 566. The molecule has 0 saturated carbocycles. The molecule has 134 valence electrons. The van der Waals surface area contributed by atoms with E-state index >= 15 is 0 Å². The van der Waals surface area contributed by atoms with Crippen LogP contribution in [0.1, 0.15) is 45.7 Å². The summed E-state index contributed by atoms with van der Waals surface area (Å²) in [5.74, 6) is 0.941. The van der Waals surface area contributed by atoms with Crippen molar-refractivity contribution in [1.29, 1.82) is 0 Å². The lowest BCUT2D eigenvalue weighted by atomic mass is 9.82. The van der Waals surface area contributed by atoms with Crippen LogP contribution in [0.2, 0.25) is 0 Å². The third kappa shape index (κ3) is 4.20. The largest absolute Gasteiger partial charge is 0.496 e. The summed E-state index contributed by atoms with van der Waals surface area (Å²) in [5.41, 5.74) is 0.820. The van der Waals surface area contributed by atoms with Gasteiger partial charge in [-0.05, 0) is 24.8 Å². The van der Waals surface area contributed by atoms with E-state index in [-0.39, 0.29) is 29.5 Å². The number of aliphatic hydroxyl groups is 1. The molecule has 0 radical (unpaired) electrons. The van der Waals surface area contributed by atoms with Crippen LogP contribution in [0.5, 0.6) is 5.75 Å². The molecule has 1 aliphatic rings. The van der Waals surface area contributed by atoms with Gasteiger partial charge in [0, 0.05) is 24.6 Å². The minimum absolute atomic E-state index is 0.0796. The molecule has 0 unspecified atom stereocenters. The number of nitrogens with zero attached hydrogens (tertiary/aromatic N) is 1. The molecular weight excluding hydrogens is 304 g/mol. The number of urea groups is 1. The fourth-order valence-electron chi connectivity index (χ4n) is 3.25. The van der Waals surface area contributed by atoms with E-state index in [2.05, 4.69) is 26.1 Å². The first kappa shape index (κ1) is 18.6. The molecule has 5 nitrogen and oxygen atoms in total. The van der Waals surface area contributed by atoms with E-state index in [1.807, 2.05) is 24.3 Å².